The lowest BCUT2D eigenvalue weighted by Gasteiger charge is -2.21. The molecule has 0 aliphatic rings. The summed E-state index contributed by atoms with van der Waals surface area (Å²) in [7, 11) is -4.04. The van der Waals surface area contributed by atoms with Crippen LogP contribution in [0.1, 0.15) is 12.0 Å². The van der Waals surface area contributed by atoms with Gasteiger partial charge in [0.2, 0.25) is 10.0 Å². The molecule has 3 rings (SSSR count). The molecule has 33 heavy (non-hydrogen) atoms. The number of hydroxylamine groups is 1. The molecule has 12 heteroatoms. The van der Waals surface area contributed by atoms with Gasteiger partial charge in [0.15, 0.2) is 0 Å². The Hall–Kier alpha value is -3.25. The number of hydrogen-bond acceptors (Lipinski definition) is 7. The smallest absolute Gasteiger partial charge is 0.258 e. The van der Waals surface area contributed by atoms with Crippen LogP contribution in [0.15, 0.2) is 78.5 Å². The van der Waals surface area contributed by atoms with Gasteiger partial charge in [-0.05, 0) is 48.4 Å². The number of rotatable bonds is 11. The molecular formula is C21H24ClN5O5S. The van der Waals surface area contributed by atoms with Crippen molar-refractivity contribution in [2.45, 2.75) is 17.9 Å². The Kier molecular flexibility index (Phi) is 9.55. The van der Waals surface area contributed by atoms with E-state index in [-0.39, 0.29) is 23.8 Å². The molecule has 0 spiro atoms. The summed E-state index contributed by atoms with van der Waals surface area (Å²) in [4.78, 5) is 11.8. The van der Waals surface area contributed by atoms with Crippen LogP contribution in [-0.2, 0) is 21.4 Å². The highest BCUT2D eigenvalue weighted by molar-refractivity contribution is 7.89. The van der Waals surface area contributed by atoms with Gasteiger partial charge in [0, 0.05) is 6.54 Å². The summed E-state index contributed by atoms with van der Waals surface area (Å²) < 4.78 is 34.5. The fourth-order valence-electron chi connectivity index (χ4n) is 2.84. The van der Waals surface area contributed by atoms with Crippen molar-refractivity contribution in [3.63, 3.8) is 0 Å². The van der Waals surface area contributed by atoms with Gasteiger partial charge in [0.25, 0.3) is 5.91 Å². The molecule has 176 valence electrons. The Morgan fingerprint density at radius 3 is 2.45 bits per heavy atom. The average molecular weight is 494 g/mol. The summed E-state index contributed by atoms with van der Waals surface area (Å²) in [6, 6.07) is 12.9. The number of halogens is 1. The number of amides is 1. The molecule has 2 aromatic carbocycles. The van der Waals surface area contributed by atoms with Gasteiger partial charge in [-0.25, -0.2) is 18.6 Å². The van der Waals surface area contributed by atoms with Gasteiger partial charge in [0.05, 0.1) is 36.1 Å². The van der Waals surface area contributed by atoms with Crippen LogP contribution in [0.3, 0.4) is 0 Å². The SMILES string of the molecule is C=CCCOc1ccc(S(=O)(=O)N(CC(=O)NO)Cc2ccc(-n3ccnn3)cc2)cc1.Cl. The quantitative estimate of drug-likeness (QED) is 0.182. The van der Waals surface area contributed by atoms with Crippen molar-refractivity contribution in [2.75, 3.05) is 13.2 Å². The maximum Gasteiger partial charge on any atom is 0.258 e. The number of nitrogens with zero attached hydrogens (tertiary/aromatic N) is 4. The molecular weight excluding hydrogens is 470 g/mol. The molecule has 0 aliphatic heterocycles. The van der Waals surface area contributed by atoms with E-state index >= 15 is 0 Å². The number of hydrogen-bond donors (Lipinski definition) is 2. The maximum atomic E-state index is 13.2. The Morgan fingerprint density at radius 2 is 1.88 bits per heavy atom. The lowest BCUT2D eigenvalue weighted by molar-refractivity contribution is -0.129. The Labute approximate surface area is 197 Å². The Bertz CT molecular complexity index is 1140. The van der Waals surface area contributed by atoms with Crippen LogP contribution in [0, 0.1) is 0 Å². The average Bonchev–Trinajstić information content (AvgIpc) is 3.34. The van der Waals surface area contributed by atoms with E-state index < -0.39 is 22.5 Å². The number of aromatic nitrogens is 3. The molecule has 0 radical (unpaired) electrons. The zero-order chi connectivity index (χ0) is 23.0. The van der Waals surface area contributed by atoms with E-state index in [1.54, 1.807) is 59.5 Å². The summed E-state index contributed by atoms with van der Waals surface area (Å²) in [5, 5.41) is 16.6. The standard InChI is InChI=1S/C21H23N5O5S.ClH/c1-2-3-14-31-19-8-10-20(11-9-19)32(29,30)25(16-21(27)23-28)15-17-4-6-18(7-5-17)26-13-12-22-24-26;/h2,4-13,28H,1,3,14-16H2,(H,23,27);1H. The number of benzene rings is 2. The summed E-state index contributed by atoms with van der Waals surface area (Å²) in [6.07, 6.45) is 5.62. The van der Waals surface area contributed by atoms with Crippen LogP contribution < -0.4 is 10.2 Å². The Balaban J connectivity index is 0.00000385. The van der Waals surface area contributed by atoms with Gasteiger partial charge in [-0.15, -0.1) is 24.1 Å². The number of carbonyl (C=O) groups is 1. The van der Waals surface area contributed by atoms with E-state index in [4.69, 9.17) is 9.94 Å². The first kappa shape index (κ1) is 26.0. The van der Waals surface area contributed by atoms with Gasteiger partial charge in [-0.2, -0.15) is 4.31 Å². The van der Waals surface area contributed by atoms with E-state index in [1.165, 1.54) is 17.6 Å². The molecule has 0 aliphatic carbocycles. The molecule has 2 N–H and O–H groups in total. The molecule has 1 amide bonds. The molecule has 0 saturated carbocycles. The van der Waals surface area contributed by atoms with E-state index in [2.05, 4.69) is 16.9 Å². The number of nitrogens with one attached hydrogen (secondary N) is 1. The third kappa shape index (κ3) is 6.86. The molecule has 10 nitrogen and oxygen atoms in total. The zero-order valence-corrected chi connectivity index (χ0v) is 19.2. The lowest BCUT2D eigenvalue weighted by Crippen LogP contribution is -2.39. The second-order valence-corrected chi connectivity index (χ2v) is 8.66. The number of carbonyl (C=O) groups excluding carboxylic acids is 1. The van der Waals surface area contributed by atoms with Crippen molar-refractivity contribution in [1.82, 2.24) is 24.8 Å². The molecule has 0 unspecified atom stereocenters. The van der Waals surface area contributed by atoms with Crippen LogP contribution in [0.5, 0.6) is 5.75 Å². The predicted octanol–water partition coefficient (Wildman–Crippen LogP) is 2.34. The highest BCUT2D eigenvalue weighted by atomic mass is 35.5. The highest BCUT2D eigenvalue weighted by Gasteiger charge is 2.27. The fraction of sp³-hybridized carbons (Fsp3) is 0.190. The largest absolute Gasteiger partial charge is 0.493 e. The molecule has 0 atom stereocenters. The highest BCUT2D eigenvalue weighted by Crippen LogP contribution is 2.22. The minimum absolute atomic E-state index is 0. The third-order valence-corrected chi connectivity index (χ3v) is 6.29. The molecule has 1 aromatic heterocycles. The second kappa shape index (κ2) is 12.1. The van der Waals surface area contributed by atoms with Crippen molar-refractivity contribution in [1.29, 1.82) is 0 Å². The second-order valence-electron chi connectivity index (χ2n) is 6.72. The first-order valence-electron chi connectivity index (χ1n) is 9.66. The van der Waals surface area contributed by atoms with Crippen molar-refractivity contribution in [3.8, 4) is 11.4 Å². The first-order chi connectivity index (χ1) is 15.4. The fourth-order valence-corrected chi connectivity index (χ4v) is 4.23. The van der Waals surface area contributed by atoms with E-state index in [9.17, 15) is 13.2 Å². The van der Waals surface area contributed by atoms with Crippen LogP contribution in [-0.4, -0.2) is 52.0 Å². The molecule has 3 aromatic rings. The van der Waals surface area contributed by atoms with Crippen LogP contribution in [0.4, 0.5) is 0 Å². The van der Waals surface area contributed by atoms with E-state index in [0.717, 1.165) is 9.99 Å². The topological polar surface area (TPSA) is 127 Å². The van der Waals surface area contributed by atoms with Crippen molar-refractivity contribution >= 4 is 28.3 Å². The molecule has 1 heterocycles. The zero-order valence-electron chi connectivity index (χ0n) is 17.6. The monoisotopic (exact) mass is 493 g/mol. The minimum atomic E-state index is -4.04. The van der Waals surface area contributed by atoms with Gasteiger partial charge >= 0.3 is 0 Å². The van der Waals surface area contributed by atoms with Crippen molar-refractivity contribution < 1.29 is 23.2 Å². The predicted molar refractivity (Wildman–Crippen MR) is 123 cm³/mol. The van der Waals surface area contributed by atoms with E-state index in [1.807, 2.05) is 0 Å². The van der Waals surface area contributed by atoms with Crippen molar-refractivity contribution in [3.05, 3.63) is 79.1 Å². The summed E-state index contributed by atoms with van der Waals surface area (Å²) in [5.74, 6) is -0.327. The minimum Gasteiger partial charge on any atom is -0.493 e. The lowest BCUT2D eigenvalue weighted by atomic mass is 10.2. The third-order valence-electron chi connectivity index (χ3n) is 4.48. The Morgan fingerprint density at radius 1 is 1.18 bits per heavy atom. The van der Waals surface area contributed by atoms with Crippen LogP contribution in [0.25, 0.3) is 5.69 Å². The summed E-state index contributed by atoms with van der Waals surface area (Å²) >= 11 is 0. The summed E-state index contributed by atoms with van der Waals surface area (Å²) in [5.41, 5.74) is 2.88. The van der Waals surface area contributed by atoms with Gasteiger partial charge in [-0.1, -0.05) is 23.4 Å². The van der Waals surface area contributed by atoms with Crippen molar-refractivity contribution in [2.24, 2.45) is 0 Å². The van der Waals surface area contributed by atoms with Gasteiger partial charge < -0.3 is 4.74 Å². The molecule has 0 saturated heterocycles. The first-order valence-corrected chi connectivity index (χ1v) is 11.1. The van der Waals surface area contributed by atoms with E-state index in [0.29, 0.717) is 24.3 Å². The summed E-state index contributed by atoms with van der Waals surface area (Å²) in [6.45, 7) is 3.42. The number of ether oxygens (including phenoxy) is 1. The molecule has 0 bridgehead atoms. The van der Waals surface area contributed by atoms with Crippen LogP contribution in [0.2, 0.25) is 0 Å². The maximum absolute atomic E-state index is 13.2. The van der Waals surface area contributed by atoms with Crippen LogP contribution >= 0.6 is 12.4 Å². The number of sulfonamides is 1. The van der Waals surface area contributed by atoms with Gasteiger partial charge in [0.1, 0.15) is 5.75 Å². The van der Waals surface area contributed by atoms with Gasteiger partial charge in [-0.3, -0.25) is 10.0 Å². The molecule has 0 fully saturated rings. The normalized spacial score (nSPS) is 11.0.